The van der Waals surface area contributed by atoms with Crippen LogP contribution in [0.2, 0.25) is 0 Å². The van der Waals surface area contributed by atoms with E-state index in [1.165, 1.54) is 5.56 Å². The SMILES string of the molecule is Cc1ccc(Oc2cc(Br)ccc2CCN)c(Br)c1. The van der Waals surface area contributed by atoms with E-state index in [0.717, 1.165) is 32.4 Å². The topological polar surface area (TPSA) is 35.2 Å². The van der Waals surface area contributed by atoms with Crippen molar-refractivity contribution in [3.8, 4) is 11.5 Å². The predicted molar refractivity (Wildman–Crippen MR) is 85.9 cm³/mol. The van der Waals surface area contributed by atoms with Crippen molar-refractivity contribution in [2.75, 3.05) is 6.54 Å². The zero-order valence-corrected chi connectivity index (χ0v) is 13.8. The molecule has 0 amide bonds. The van der Waals surface area contributed by atoms with E-state index in [-0.39, 0.29) is 0 Å². The van der Waals surface area contributed by atoms with Crippen LogP contribution in [0.1, 0.15) is 11.1 Å². The highest BCUT2D eigenvalue weighted by atomic mass is 79.9. The van der Waals surface area contributed by atoms with Crippen molar-refractivity contribution < 1.29 is 4.74 Å². The Kier molecular flexibility index (Phi) is 5.02. The minimum absolute atomic E-state index is 0.604. The van der Waals surface area contributed by atoms with Crippen LogP contribution in [0.4, 0.5) is 0 Å². The first-order valence-electron chi connectivity index (χ1n) is 6.02. The van der Waals surface area contributed by atoms with Gasteiger partial charge in [0.2, 0.25) is 0 Å². The third-order valence-electron chi connectivity index (χ3n) is 2.75. The highest BCUT2D eigenvalue weighted by molar-refractivity contribution is 9.10. The predicted octanol–water partition coefficient (Wildman–Crippen LogP) is 4.81. The number of ether oxygens (including phenoxy) is 1. The lowest BCUT2D eigenvalue weighted by molar-refractivity contribution is 0.473. The van der Waals surface area contributed by atoms with E-state index >= 15 is 0 Å². The molecular weight excluding hydrogens is 370 g/mol. The molecule has 0 saturated carbocycles. The van der Waals surface area contributed by atoms with Gasteiger partial charge in [0.15, 0.2) is 0 Å². The van der Waals surface area contributed by atoms with Crippen LogP contribution < -0.4 is 10.5 Å². The van der Waals surface area contributed by atoms with Gasteiger partial charge in [-0.05, 0) is 71.2 Å². The summed E-state index contributed by atoms with van der Waals surface area (Å²) in [5.41, 5.74) is 7.93. The number of nitrogens with two attached hydrogens (primary N) is 1. The molecule has 0 unspecified atom stereocenters. The van der Waals surface area contributed by atoms with E-state index in [4.69, 9.17) is 10.5 Å². The number of halogens is 2. The standard InChI is InChI=1S/C15H15Br2NO/c1-10-2-5-14(13(17)8-10)19-15-9-12(16)4-3-11(15)6-7-18/h2-5,8-9H,6-7,18H2,1H3. The van der Waals surface area contributed by atoms with E-state index in [9.17, 15) is 0 Å². The quantitative estimate of drug-likeness (QED) is 0.820. The van der Waals surface area contributed by atoms with Crippen molar-refractivity contribution in [3.63, 3.8) is 0 Å². The first-order chi connectivity index (χ1) is 9.10. The van der Waals surface area contributed by atoms with Gasteiger partial charge < -0.3 is 10.5 Å². The van der Waals surface area contributed by atoms with Gasteiger partial charge in [0.25, 0.3) is 0 Å². The summed E-state index contributed by atoms with van der Waals surface area (Å²) in [7, 11) is 0. The van der Waals surface area contributed by atoms with Crippen molar-refractivity contribution in [2.24, 2.45) is 5.73 Å². The number of aryl methyl sites for hydroxylation is 1. The minimum atomic E-state index is 0.604. The van der Waals surface area contributed by atoms with Gasteiger partial charge in [0.1, 0.15) is 11.5 Å². The van der Waals surface area contributed by atoms with E-state index in [1.54, 1.807) is 0 Å². The van der Waals surface area contributed by atoms with Crippen molar-refractivity contribution in [1.29, 1.82) is 0 Å². The molecule has 0 fully saturated rings. The largest absolute Gasteiger partial charge is 0.456 e. The van der Waals surface area contributed by atoms with E-state index in [1.807, 2.05) is 43.3 Å². The Hall–Kier alpha value is -0.840. The van der Waals surface area contributed by atoms with Gasteiger partial charge in [-0.2, -0.15) is 0 Å². The maximum atomic E-state index is 6.00. The van der Waals surface area contributed by atoms with Crippen molar-refractivity contribution in [3.05, 3.63) is 56.5 Å². The summed E-state index contributed by atoms with van der Waals surface area (Å²) in [4.78, 5) is 0. The monoisotopic (exact) mass is 383 g/mol. The fourth-order valence-corrected chi connectivity index (χ4v) is 2.71. The fraction of sp³-hybridized carbons (Fsp3) is 0.200. The summed E-state index contributed by atoms with van der Waals surface area (Å²) in [5, 5.41) is 0. The maximum Gasteiger partial charge on any atom is 0.141 e. The van der Waals surface area contributed by atoms with E-state index < -0.39 is 0 Å². The molecule has 100 valence electrons. The smallest absolute Gasteiger partial charge is 0.141 e. The fourth-order valence-electron chi connectivity index (χ4n) is 1.79. The lowest BCUT2D eigenvalue weighted by Crippen LogP contribution is -2.04. The van der Waals surface area contributed by atoms with Gasteiger partial charge in [-0.25, -0.2) is 0 Å². The molecular formula is C15H15Br2NO. The molecule has 2 rings (SSSR count). The average molecular weight is 385 g/mol. The number of rotatable bonds is 4. The zero-order chi connectivity index (χ0) is 13.8. The molecule has 2 N–H and O–H groups in total. The van der Waals surface area contributed by atoms with Crippen LogP contribution in [-0.4, -0.2) is 6.54 Å². The Morgan fingerprint density at radius 3 is 2.53 bits per heavy atom. The molecule has 4 heteroatoms. The van der Waals surface area contributed by atoms with Crippen LogP contribution in [0, 0.1) is 6.92 Å². The van der Waals surface area contributed by atoms with Crippen molar-refractivity contribution in [1.82, 2.24) is 0 Å². The molecule has 0 heterocycles. The summed E-state index contributed by atoms with van der Waals surface area (Å²) in [6, 6.07) is 12.0. The second-order valence-electron chi connectivity index (χ2n) is 4.33. The average Bonchev–Trinajstić information content (AvgIpc) is 2.36. The second-order valence-corrected chi connectivity index (χ2v) is 6.10. The van der Waals surface area contributed by atoms with Gasteiger partial charge in [-0.3, -0.25) is 0 Å². The lowest BCUT2D eigenvalue weighted by atomic mass is 10.1. The molecule has 19 heavy (non-hydrogen) atoms. The normalized spacial score (nSPS) is 10.5. The van der Waals surface area contributed by atoms with Gasteiger partial charge in [-0.15, -0.1) is 0 Å². The Labute approximate surface area is 130 Å². The molecule has 0 aliphatic heterocycles. The summed E-state index contributed by atoms with van der Waals surface area (Å²) >= 11 is 6.99. The molecule has 2 aromatic rings. The van der Waals surface area contributed by atoms with Crippen LogP contribution in [0.5, 0.6) is 11.5 Å². The molecule has 0 aliphatic carbocycles. The molecule has 0 radical (unpaired) electrons. The highest BCUT2D eigenvalue weighted by Gasteiger charge is 2.08. The zero-order valence-electron chi connectivity index (χ0n) is 10.6. The molecule has 0 atom stereocenters. The van der Waals surface area contributed by atoms with Gasteiger partial charge in [-0.1, -0.05) is 28.1 Å². The van der Waals surface area contributed by atoms with Gasteiger partial charge >= 0.3 is 0 Å². The first kappa shape index (κ1) is 14.6. The van der Waals surface area contributed by atoms with Crippen LogP contribution in [-0.2, 0) is 6.42 Å². The molecule has 0 spiro atoms. The summed E-state index contributed by atoms with van der Waals surface area (Å²) in [6.45, 7) is 2.65. The van der Waals surface area contributed by atoms with E-state index in [2.05, 4.69) is 31.9 Å². The Morgan fingerprint density at radius 2 is 1.84 bits per heavy atom. The lowest BCUT2D eigenvalue weighted by Gasteiger charge is -2.13. The highest BCUT2D eigenvalue weighted by Crippen LogP contribution is 2.33. The molecule has 2 aromatic carbocycles. The Morgan fingerprint density at radius 1 is 1.05 bits per heavy atom. The van der Waals surface area contributed by atoms with Crippen LogP contribution in [0.3, 0.4) is 0 Å². The van der Waals surface area contributed by atoms with E-state index in [0.29, 0.717) is 6.54 Å². The Balaban J connectivity index is 2.33. The summed E-state index contributed by atoms with van der Waals surface area (Å²) in [6.07, 6.45) is 0.798. The molecule has 0 aliphatic rings. The molecule has 0 bridgehead atoms. The van der Waals surface area contributed by atoms with Crippen LogP contribution in [0.25, 0.3) is 0 Å². The van der Waals surface area contributed by atoms with Crippen molar-refractivity contribution >= 4 is 31.9 Å². The number of hydrogen-bond donors (Lipinski definition) is 1. The molecule has 0 aromatic heterocycles. The van der Waals surface area contributed by atoms with Crippen LogP contribution in [0.15, 0.2) is 45.3 Å². The molecule has 2 nitrogen and oxygen atoms in total. The van der Waals surface area contributed by atoms with Gasteiger partial charge in [0, 0.05) is 4.47 Å². The second kappa shape index (κ2) is 6.55. The first-order valence-corrected chi connectivity index (χ1v) is 7.61. The summed E-state index contributed by atoms with van der Waals surface area (Å²) < 4.78 is 7.94. The number of hydrogen-bond acceptors (Lipinski definition) is 2. The van der Waals surface area contributed by atoms with Crippen molar-refractivity contribution in [2.45, 2.75) is 13.3 Å². The number of benzene rings is 2. The maximum absolute atomic E-state index is 6.00. The third-order valence-corrected chi connectivity index (χ3v) is 3.86. The molecule has 0 saturated heterocycles. The summed E-state index contributed by atoms with van der Waals surface area (Å²) in [5.74, 6) is 1.64. The van der Waals surface area contributed by atoms with Crippen LogP contribution >= 0.6 is 31.9 Å². The van der Waals surface area contributed by atoms with Gasteiger partial charge in [0.05, 0.1) is 4.47 Å². The Bertz CT molecular complexity index is 584. The third kappa shape index (κ3) is 3.81. The minimum Gasteiger partial charge on any atom is -0.456 e.